The third-order valence-electron chi connectivity index (χ3n) is 6.40. The number of carbonyl (C=O) groups is 4. The van der Waals surface area contributed by atoms with Crippen LogP contribution in [-0.2, 0) is 14.4 Å². The second-order valence-corrected chi connectivity index (χ2v) is 8.69. The van der Waals surface area contributed by atoms with Gasteiger partial charge in [-0.15, -0.1) is 0 Å². The summed E-state index contributed by atoms with van der Waals surface area (Å²) in [5, 5.41) is 2.72. The largest absolute Gasteiger partial charge is 0.368 e. The number of hydrogen-bond donors (Lipinski definition) is 2. The predicted octanol–water partition coefficient (Wildman–Crippen LogP) is 1.44. The molecule has 1 aliphatic heterocycles. The van der Waals surface area contributed by atoms with E-state index in [2.05, 4.69) is 5.32 Å². The number of nitrogens with zero attached hydrogens (tertiary/aromatic N) is 2. The van der Waals surface area contributed by atoms with Crippen LogP contribution in [0.5, 0.6) is 0 Å². The quantitative estimate of drug-likeness (QED) is 0.688. The Balaban J connectivity index is 1.72. The third-order valence-corrected chi connectivity index (χ3v) is 6.40. The number of hydrogen-bond acceptors (Lipinski definition) is 4. The van der Waals surface area contributed by atoms with Gasteiger partial charge in [0.2, 0.25) is 17.7 Å². The van der Waals surface area contributed by atoms with Crippen LogP contribution < -0.4 is 11.1 Å². The van der Waals surface area contributed by atoms with Gasteiger partial charge in [-0.2, -0.15) is 0 Å². The lowest BCUT2D eigenvalue weighted by molar-refractivity contribution is -0.142. The molecule has 174 valence electrons. The second-order valence-electron chi connectivity index (χ2n) is 8.69. The van der Waals surface area contributed by atoms with Gasteiger partial charge in [-0.3, -0.25) is 19.2 Å². The van der Waals surface area contributed by atoms with Gasteiger partial charge in [0.15, 0.2) is 0 Å². The monoisotopic (exact) mass is 446 g/mol. The van der Waals surface area contributed by atoms with E-state index >= 15 is 0 Å². The van der Waals surface area contributed by atoms with Crippen LogP contribution in [-0.4, -0.2) is 65.1 Å². The minimum atomic E-state index is -0.952. The zero-order valence-corrected chi connectivity index (χ0v) is 18.4. The molecular weight excluding hydrogens is 415 g/mol. The van der Waals surface area contributed by atoms with Crippen molar-refractivity contribution < 1.29 is 23.6 Å². The van der Waals surface area contributed by atoms with E-state index in [1.54, 1.807) is 0 Å². The summed E-state index contributed by atoms with van der Waals surface area (Å²) < 4.78 is 13.5. The lowest BCUT2D eigenvalue weighted by Gasteiger charge is -2.40. The normalized spacial score (nSPS) is 20.5. The minimum Gasteiger partial charge on any atom is -0.368 e. The molecule has 3 rings (SSSR count). The van der Waals surface area contributed by atoms with Crippen LogP contribution in [0.2, 0.25) is 0 Å². The molecule has 0 bridgehead atoms. The van der Waals surface area contributed by atoms with E-state index in [-0.39, 0.29) is 31.1 Å². The lowest BCUT2D eigenvalue weighted by Crippen LogP contribution is -2.62. The molecule has 4 amide bonds. The summed E-state index contributed by atoms with van der Waals surface area (Å²) in [6.45, 7) is 1.70. The first kappa shape index (κ1) is 23.7. The molecule has 2 fully saturated rings. The maximum Gasteiger partial charge on any atom is 0.254 e. The molecular formula is C23H31FN4O4. The average Bonchev–Trinajstić information content (AvgIpc) is 2.78. The van der Waals surface area contributed by atoms with Gasteiger partial charge < -0.3 is 20.9 Å². The lowest BCUT2D eigenvalue weighted by atomic mass is 9.84. The van der Waals surface area contributed by atoms with E-state index in [0.29, 0.717) is 12.3 Å². The minimum absolute atomic E-state index is 0.0460. The molecule has 1 aliphatic carbocycles. The van der Waals surface area contributed by atoms with Crippen molar-refractivity contribution >= 4 is 23.6 Å². The highest BCUT2D eigenvalue weighted by molar-refractivity contribution is 5.96. The van der Waals surface area contributed by atoms with Gasteiger partial charge in [0.1, 0.15) is 17.9 Å². The second kappa shape index (κ2) is 10.6. The van der Waals surface area contributed by atoms with Gasteiger partial charge in [0, 0.05) is 25.6 Å². The summed E-state index contributed by atoms with van der Waals surface area (Å²) in [5.74, 6) is -2.05. The fourth-order valence-electron chi connectivity index (χ4n) is 4.64. The van der Waals surface area contributed by atoms with Gasteiger partial charge in [0.05, 0.1) is 6.54 Å². The van der Waals surface area contributed by atoms with Crippen molar-refractivity contribution in [2.24, 2.45) is 11.7 Å². The Bertz CT molecular complexity index is 871. The van der Waals surface area contributed by atoms with E-state index in [0.717, 1.165) is 31.7 Å². The highest BCUT2D eigenvalue weighted by Crippen LogP contribution is 2.27. The van der Waals surface area contributed by atoms with E-state index in [1.807, 2.05) is 0 Å². The van der Waals surface area contributed by atoms with Crippen LogP contribution in [0, 0.1) is 11.7 Å². The number of nitrogens with one attached hydrogen (secondary N) is 1. The number of amides is 4. The zero-order valence-electron chi connectivity index (χ0n) is 18.4. The summed E-state index contributed by atoms with van der Waals surface area (Å²) in [6, 6.07) is 3.56. The van der Waals surface area contributed by atoms with Gasteiger partial charge in [0.25, 0.3) is 5.91 Å². The highest BCUT2D eigenvalue weighted by Gasteiger charge is 2.37. The fraction of sp³-hybridized carbons (Fsp3) is 0.565. The van der Waals surface area contributed by atoms with E-state index in [4.69, 9.17) is 5.73 Å². The van der Waals surface area contributed by atoms with Crippen LogP contribution in [0.4, 0.5) is 4.39 Å². The molecule has 0 spiro atoms. The van der Waals surface area contributed by atoms with Crippen molar-refractivity contribution in [3.05, 3.63) is 35.6 Å². The van der Waals surface area contributed by atoms with Crippen molar-refractivity contribution in [3.63, 3.8) is 0 Å². The number of nitrogens with two attached hydrogens (primary N) is 1. The van der Waals surface area contributed by atoms with Crippen LogP contribution in [0.15, 0.2) is 24.3 Å². The summed E-state index contributed by atoms with van der Waals surface area (Å²) >= 11 is 0. The molecule has 0 aromatic heterocycles. The molecule has 0 unspecified atom stereocenters. The smallest absolute Gasteiger partial charge is 0.254 e. The fourth-order valence-corrected chi connectivity index (χ4v) is 4.64. The molecule has 1 aromatic rings. The number of benzene rings is 1. The molecule has 8 nitrogen and oxygen atoms in total. The van der Waals surface area contributed by atoms with Gasteiger partial charge in [-0.1, -0.05) is 38.2 Å². The first-order valence-corrected chi connectivity index (χ1v) is 11.2. The predicted molar refractivity (Wildman–Crippen MR) is 116 cm³/mol. The molecule has 32 heavy (non-hydrogen) atoms. The molecule has 1 saturated heterocycles. The summed E-state index contributed by atoms with van der Waals surface area (Å²) in [4.78, 5) is 52.9. The number of halogens is 1. The average molecular weight is 447 g/mol. The zero-order chi connectivity index (χ0) is 23.3. The molecule has 1 saturated carbocycles. The Labute approximate surface area is 187 Å². The Kier molecular flexibility index (Phi) is 7.82. The van der Waals surface area contributed by atoms with E-state index < -0.39 is 35.6 Å². The van der Waals surface area contributed by atoms with Gasteiger partial charge >= 0.3 is 0 Å². The molecule has 0 radical (unpaired) electrons. The first-order valence-electron chi connectivity index (χ1n) is 11.2. The Morgan fingerprint density at radius 2 is 1.88 bits per heavy atom. The van der Waals surface area contributed by atoms with E-state index in [1.165, 1.54) is 41.3 Å². The maximum absolute atomic E-state index is 13.5. The molecule has 1 heterocycles. The SMILES string of the molecule is CC(=O)N1CCN(C(=O)c2cccc(F)c2)C[C@@H]1C(=O)N[C@@H](CC1CCCCC1)C(N)=O. The molecule has 2 atom stereocenters. The molecule has 1 aromatic carbocycles. The molecule has 9 heteroatoms. The topological polar surface area (TPSA) is 113 Å². The summed E-state index contributed by atoms with van der Waals surface area (Å²) in [5.41, 5.74) is 5.73. The Morgan fingerprint density at radius 3 is 2.50 bits per heavy atom. The number of carbonyl (C=O) groups excluding carboxylic acids is 4. The van der Waals surface area contributed by atoms with Crippen molar-refractivity contribution in [2.75, 3.05) is 19.6 Å². The standard InChI is InChI=1S/C23H31FN4O4/c1-15(29)28-11-10-27(23(32)17-8-5-9-18(24)13-17)14-20(28)22(31)26-19(21(25)30)12-16-6-3-2-4-7-16/h5,8-9,13,16,19-20H,2-4,6-7,10-12,14H2,1H3,(H2,25,30)(H,26,31)/t19-,20+/m0/s1. The Morgan fingerprint density at radius 1 is 1.16 bits per heavy atom. The first-order chi connectivity index (χ1) is 15.3. The third kappa shape index (κ3) is 5.83. The maximum atomic E-state index is 13.5. The van der Waals surface area contributed by atoms with Crippen molar-refractivity contribution in [1.82, 2.24) is 15.1 Å². The number of primary amides is 1. The van der Waals surface area contributed by atoms with Gasteiger partial charge in [-0.25, -0.2) is 4.39 Å². The molecule has 2 aliphatic rings. The van der Waals surface area contributed by atoms with Crippen molar-refractivity contribution in [3.8, 4) is 0 Å². The Hall–Kier alpha value is -2.97. The summed E-state index contributed by atoms with van der Waals surface area (Å²) in [7, 11) is 0. The van der Waals surface area contributed by atoms with Crippen molar-refractivity contribution in [2.45, 2.75) is 57.5 Å². The number of rotatable bonds is 6. The van der Waals surface area contributed by atoms with Crippen LogP contribution in [0.1, 0.15) is 55.8 Å². The van der Waals surface area contributed by atoms with E-state index in [9.17, 15) is 23.6 Å². The van der Waals surface area contributed by atoms with Crippen LogP contribution in [0.25, 0.3) is 0 Å². The van der Waals surface area contributed by atoms with Crippen molar-refractivity contribution in [1.29, 1.82) is 0 Å². The summed E-state index contributed by atoms with van der Waals surface area (Å²) in [6.07, 6.45) is 5.84. The highest BCUT2D eigenvalue weighted by atomic mass is 19.1. The van der Waals surface area contributed by atoms with Crippen LogP contribution >= 0.6 is 0 Å². The van der Waals surface area contributed by atoms with Crippen LogP contribution in [0.3, 0.4) is 0 Å². The van der Waals surface area contributed by atoms with Gasteiger partial charge in [-0.05, 0) is 30.5 Å². The molecule has 3 N–H and O–H groups in total. The number of piperazine rings is 1.